The fourth-order valence-corrected chi connectivity index (χ4v) is 1.70. The van der Waals surface area contributed by atoms with Crippen LogP contribution in [0.25, 0.3) is 0 Å². The van der Waals surface area contributed by atoms with Crippen LogP contribution in [0.15, 0.2) is 16.6 Å². The third-order valence-electron chi connectivity index (χ3n) is 2.38. The number of amides is 1. The topological polar surface area (TPSA) is 50.4 Å². The standard InChI is InChI=1S/C12H15BrF2N2O2/c1-7(12(18)16-3-4-19-2)17-11-5-8(13)9(14)6-10(11)15/h5-7,17H,3-4H2,1-2H3,(H,16,18). The summed E-state index contributed by atoms with van der Waals surface area (Å²) in [5.41, 5.74) is 0.0580. The highest BCUT2D eigenvalue weighted by Gasteiger charge is 2.15. The fourth-order valence-electron chi connectivity index (χ4n) is 1.36. The highest BCUT2D eigenvalue weighted by atomic mass is 79.9. The molecule has 0 aromatic heterocycles. The van der Waals surface area contributed by atoms with E-state index in [0.717, 1.165) is 6.07 Å². The van der Waals surface area contributed by atoms with E-state index in [1.54, 1.807) is 6.92 Å². The molecule has 7 heteroatoms. The first-order valence-electron chi connectivity index (χ1n) is 5.63. The second-order valence-corrected chi connectivity index (χ2v) is 4.75. The lowest BCUT2D eigenvalue weighted by Gasteiger charge is -2.16. The molecule has 0 saturated heterocycles. The van der Waals surface area contributed by atoms with Crippen LogP contribution >= 0.6 is 15.9 Å². The summed E-state index contributed by atoms with van der Waals surface area (Å²) in [7, 11) is 1.53. The van der Waals surface area contributed by atoms with Crippen molar-refractivity contribution in [2.75, 3.05) is 25.6 Å². The molecular formula is C12H15BrF2N2O2. The summed E-state index contributed by atoms with van der Waals surface area (Å²) in [5, 5.41) is 5.29. The molecule has 0 spiro atoms. The van der Waals surface area contributed by atoms with Gasteiger partial charge in [0.2, 0.25) is 5.91 Å². The average Bonchev–Trinajstić information content (AvgIpc) is 2.36. The van der Waals surface area contributed by atoms with Crippen LogP contribution in [0.3, 0.4) is 0 Å². The van der Waals surface area contributed by atoms with E-state index in [9.17, 15) is 13.6 Å². The van der Waals surface area contributed by atoms with E-state index in [4.69, 9.17) is 4.74 Å². The second kappa shape index (κ2) is 7.40. The summed E-state index contributed by atoms with van der Waals surface area (Å²) in [6.07, 6.45) is 0. The molecular weight excluding hydrogens is 322 g/mol. The van der Waals surface area contributed by atoms with Crippen LogP contribution in [0.2, 0.25) is 0 Å². The first-order chi connectivity index (χ1) is 8.95. The van der Waals surface area contributed by atoms with Gasteiger partial charge in [0.1, 0.15) is 17.7 Å². The third kappa shape index (κ3) is 4.76. The van der Waals surface area contributed by atoms with E-state index in [1.807, 2.05) is 0 Å². The van der Waals surface area contributed by atoms with E-state index < -0.39 is 17.7 Å². The fraction of sp³-hybridized carbons (Fsp3) is 0.417. The molecule has 0 saturated carbocycles. The van der Waals surface area contributed by atoms with Gasteiger partial charge < -0.3 is 15.4 Å². The molecule has 106 valence electrons. The molecule has 4 nitrogen and oxygen atoms in total. The maximum atomic E-state index is 13.5. The Morgan fingerprint density at radius 2 is 2.11 bits per heavy atom. The van der Waals surface area contributed by atoms with Crippen molar-refractivity contribution in [1.82, 2.24) is 5.32 Å². The highest BCUT2D eigenvalue weighted by molar-refractivity contribution is 9.10. The number of anilines is 1. The first-order valence-corrected chi connectivity index (χ1v) is 6.42. The van der Waals surface area contributed by atoms with Crippen LogP contribution in [0.4, 0.5) is 14.5 Å². The quantitative estimate of drug-likeness (QED) is 0.619. The molecule has 0 radical (unpaired) electrons. The van der Waals surface area contributed by atoms with Gasteiger partial charge in [-0.3, -0.25) is 4.79 Å². The van der Waals surface area contributed by atoms with Crippen molar-refractivity contribution in [2.45, 2.75) is 13.0 Å². The van der Waals surface area contributed by atoms with Crippen LogP contribution in [0, 0.1) is 11.6 Å². The Kier molecular flexibility index (Phi) is 6.17. The molecule has 1 atom stereocenters. The molecule has 0 aliphatic heterocycles. The minimum absolute atomic E-state index is 0.0580. The summed E-state index contributed by atoms with van der Waals surface area (Å²) in [6, 6.07) is 1.36. The molecule has 19 heavy (non-hydrogen) atoms. The minimum Gasteiger partial charge on any atom is -0.383 e. The molecule has 1 aromatic carbocycles. The number of hydrogen-bond donors (Lipinski definition) is 2. The molecule has 1 aromatic rings. The Hall–Kier alpha value is -1.21. The van der Waals surface area contributed by atoms with Crippen molar-refractivity contribution in [1.29, 1.82) is 0 Å². The van der Waals surface area contributed by atoms with Gasteiger partial charge in [-0.05, 0) is 28.9 Å². The Balaban J connectivity index is 2.63. The van der Waals surface area contributed by atoms with Crippen molar-refractivity contribution in [3.8, 4) is 0 Å². The number of carbonyl (C=O) groups is 1. The molecule has 0 heterocycles. The normalized spacial score (nSPS) is 12.1. The Morgan fingerprint density at radius 1 is 1.42 bits per heavy atom. The molecule has 1 rings (SSSR count). The number of ether oxygens (including phenoxy) is 1. The van der Waals surface area contributed by atoms with Crippen LogP contribution in [0.1, 0.15) is 6.92 Å². The zero-order valence-electron chi connectivity index (χ0n) is 10.6. The van der Waals surface area contributed by atoms with E-state index in [2.05, 4.69) is 26.6 Å². The van der Waals surface area contributed by atoms with Crippen molar-refractivity contribution in [3.05, 3.63) is 28.2 Å². The largest absolute Gasteiger partial charge is 0.383 e. The number of rotatable bonds is 6. The maximum absolute atomic E-state index is 13.5. The molecule has 0 fully saturated rings. The second-order valence-electron chi connectivity index (χ2n) is 3.90. The van der Waals surface area contributed by atoms with Gasteiger partial charge in [0.15, 0.2) is 0 Å². The molecule has 0 bridgehead atoms. The van der Waals surface area contributed by atoms with Gasteiger partial charge in [-0.15, -0.1) is 0 Å². The minimum atomic E-state index is -0.753. The number of hydrogen-bond acceptors (Lipinski definition) is 3. The Morgan fingerprint density at radius 3 is 2.74 bits per heavy atom. The molecule has 0 aliphatic carbocycles. The van der Waals surface area contributed by atoms with Crippen LogP contribution in [0.5, 0.6) is 0 Å². The summed E-state index contributed by atoms with van der Waals surface area (Å²) in [4.78, 5) is 11.6. The van der Waals surface area contributed by atoms with E-state index in [0.29, 0.717) is 13.2 Å². The van der Waals surface area contributed by atoms with Gasteiger partial charge in [0.05, 0.1) is 16.8 Å². The molecule has 1 amide bonds. The number of methoxy groups -OCH3 is 1. The number of benzene rings is 1. The number of halogens is 3. The highest BCUT2D eigenvalue weighted by Crippen LogP contribution is 2.24. The Labute approximate surface area is 118 Å². The predicted molar refractivity (Wildman–Crippen MR) is 72.0 cm³/mol. The van der Waals surface area contributed by atoms with Crippen molar-refractivity contribution in [2.24, 2.45) is 0 Å². The first kappa shape index (κ1) is 15.8. The zero-order valence-corrected chi connectivity index (χ0v) is 12.2. The monoisotopic (exact) mass is 336 g/mol. The van der Waals surface area contributed by atoms with Gasteiger partial charge >= 0.3 is 0 Å². The Bertz CT molecular complexity index is 458. The SMILES string of the molecule is COCCNC(=O)C(C)Nc1cc(Br)c(F)cc1F. The lowest BCUT2D eigenvalue weighted by molar-refractivity contribution is -0.121. The van der Waals surface area contributed by atoms with Gasteiger partial charge in [0.25, 0.3) is 0 Å². The van der Waals surface area contributed by atoms with Gasteiger partial charge in [-0.25, -0.2) is 8.78 Å². The smallest absolute Gasteiger partial charge is 0.242 e. The summed E-state index contributed by atoms with van der Waals surface area (Å²) in [6.45, 7) is 2.35. The third-order valence-corrected chi connectivity index (χ3v) is 2.99. The molecule has 1 unspecified atom stereocenters. The molecule has 2 N–H and O–H groups in total. The van der Waals surface area contributed by atoms with Crippen molar-refractivity contribution >= 4 is 27.5 Å². The van der Waals surface area contributed by atoms with Gasteiger partial charge in [0, 0.05) is 19.7 Å². The van der Waals surface area contributed by atoms with Gasteiger partial charge in [-0.1, -0.05) is 0 Å². The zero-order chi connectivity index (χ0) is 14.4. The van der Waals surface area contributed by atoms with Crippen LogP contribution in [-0.4, -0.2) is 32.2 Å². The van der Waals surface area contributed by atoms with Crippen LogP contribution < -0.4 is 10.6 Å². The average molecular weight is 337 g/mol. The summed E-state index contributed by atoms with van der Waals surface area (Å²) < 4.78 is 31.5. The number of carbonyl (C=O) groups excluding carboxylic acids is 1. The summed E-state index contributed by atoms with van der Waals surface area (Å²) in [5.74, 6) is -1.74. The lowest BCUT2D eigenvalue weighted by atomic mass is 10.2. The van der Waals surface area contributed by atoms with E-state index in [-0.39, 0.29) is 16.1 Å². The number of nitrogens with one attached hydrogen (secondary N) is 2. The summed E-state index contributed by atoms with van der Waals surface area (Å²) >= 11 is 2.96. The van der Waals surface area contributed by atoms with Gasteiger partial charge in [-0.2, -0.15) is 0 Å². The molecule has 0 aliphatic rings. The van der Waals surface area contributed by atoms with Crippen LogP contribution in [-0.2, 0) is 9.53 Å². The maximum Gasteiger partial charge on any atom is 0.242 e. The van der Waals surface area contributed by atoms with E-state index >= 15 is 0 Å². The van der Waals surface area contributed by atoms with E-state index in [1.165, 1.54) is 13.2 Å². The van der Waals surface area contributed by atoms with Crippen molar-refractivity contribution < 1.29 is 18.3 Å². The predicted octanol–water partition coefficient (Wildman–Crippen LogP) is 2.29. The lowest BCUT2D eigenvalue weighted by Crippen LogP contribution is -2.39. The van der Waals surface area contributed by atoms with Crippen molar-refractivity contribution in [3.63, 3.8) is 0 Å².